The van der Waals surface area contributed by atoms with Crippen LogP contribution in [0.1, 0.15) is 16.8 Å². The Kier molecular flexibility index (Phi) is 6.55. The molecule has 0 unspecified atom stereocenters. The van der Waals surface area contributed by atoms with Crippen molar-refractivity contribution in [1.29, 1.82) is 5.26 Å². The number of anilines is 2. The molecule has 0 aliphatic carbocycles. The van der Waals surface area contributed by atoms with E-state index in [4.69, 9.17) is 14.7 Å². The van der Waals surface area contributed by atoms with Crippen LogP contribution < -0.4 is 5.32 Å². The van der Waals surface area contributed by atoms with Crippen LogP contribution in [-0.2, 0) is 18.5 Å². The molecule has 34 heavy (non-hydrogen) atoms. The Morgan fingerprint density at radius 1 is 1.15 bits per heavy atom. The Bertz CT molecular complexity index is 1370. The molecule has 8 nitrogen and oxygen atoms in total. The van der Waals surface area contributed by atoms with Gasteiger partial charge in [0.15, 0.2) is 5.82 Å². The fraction of sp³-hybridized carbons (Fsp3) is 0.360. The smallest absolute Gasteiger partial charge is 0.156 e. The van der Waals surface area contributed by atoms with Crippen LogP contribution in [0.2, 0.25) is 25.7 Å². The van der Waals surface area contributed by atoms with Crippen LogP contribution in [0, 0.1) is 25.2 Å². The van der Waals surface area contributed by atoms with Gasteiger partial charge in [-0.2, -0.15) is 10.4 Å². The Labute approximate surface area is 201 Å². The van der Waals surface area contributed by atoms with Gasteiger partial charge in [0.25, 0.3) is 0 Å². The van der Waals surface area contributed by atoms with Gasteiger partial charge in [-0.15, -0.1) is 0 Å². The third-order valence-electron chi connectivity index (χ3n) is 5.60. The monoisotopic (exact) mass is 473 g/mol. The molecule has 9 heteroatoms. The van der Waals surface area contributed by atoms with Crippen molar-refractivity contribution in [3.63, 3.8) is 0 Å². The summed E-state index contributed by atoms with van der Waals surface area (Å²) in [6, 6.07) is 11.2. The van der Waals surface area contributed by atoms with Gasteiger partial charge < -0.3 is 14.6 Å². The molecule has 0 saturated heterocycles. The number of nitrogens with one attached hydrogen (secondary N) is 1. The van der Waals surface area contributed by atoms with Gasteiger partial charge in [0, 0.05) is 56.3 Å². The van der Waals surface area contributed by atoms with Crippen molar-refractivity contribution in [2.45, 2.75) is 46.3 Å². The van der Waals surface area contributed by atoms with Gasteiger partial charge in [-0.05, 0) is 38.1 Å². The molecule has 176 valence electrons. The highest BCUT2D eigenvalue weighted by Gasteiger charge is 2.19. The van der Waals surface area contributed by atoms with E-state index in [1.54, 1.807) is 4.68 Å². The zero-order chi connectivity index (χ0) is 24.5. The first-order valence-corrected chi connectivity index (χ1v) is 15.1. The number of hydrogen-bond acceptors (Lipinski definition) is 6. The number of ether oxygens (including phenoxy) is 1. The molecule has 0 spiro atoms. The number of nitrogens with zero attached hydrogens (tertiary/aromatic N) is 6. The molecule has 0 atom stereocenters. The Balaban J connectivity index is 1.81. The second kappa shape index (κ2) is 9.41. The summed E-state index contributed by atoms with van der Waals surface area (Å²) in [5.41, 5.74) is 4.80. The SMILES string of the molecule is Cc1cccc(-c2cc(Nc3nn(C)cc3C)nc3c2c(C#N)cn3COCC[Si](C)(C)C)n1. The van der Waals surface area contributed by atoms with E-state index in [2.05, 4.69) is 36.1 Å². The summed E-state index contributed by atoms with van der Waals surface area (Å²) >= 11 is 0. The molecule has 4 rings (SSSR count). The zero-order valence-electron chi connectivity index (χ0n) is 20.7. The van der Waals surface area contributed by atoms with Crippen LogP contribution in [-0.4, -0.2) is 39.0 Å². The molecule has 0 fully saturated rings. The second-order valence-corrected chi connectivity index (χ2v) is 15.5. The van der Waals surface area contributed by atoms with Gasteiger partial charge in [0.1, 0.15) is 24.3 Å². The van der Waals surface area contributed by atoms with Gasteiger partial charge in [-0.25, -0.2) is 4.98 Å². The fourth-order valence-corrected chi connectivity index (χ4v) is 4.58. The first kappa shape index (κ1) is 23.7. The first-order chi connectivity index (χ1) is 16.1. The normalized spacial score (nSPS) is 11.7. The van der Waals surface area contributed by atoms with Gasteiger partial charge >= 0.3 is 0 Å². The zero-order valence-corrected chi connectivity index (χ0v) is 21.7. The van der Waals surface area contributed by atoms with Crippen LogP contribution >= 0.6 is 0 Å². The largest absolute Gasteiger partial charge is 0.361 e. The van der Waals surface area contributed by atoms with Crippen LogP contribution in [0.3, 0.4) is 0 Å². The van der Waals surface area contributed by atoms with Crippen molar-refractivity contribution in [2.24, 2.45) is 7.05 Å². The molecule has 4 heterocycles. The lowest BCUT2D eigenvalue weighted by Gasteiger charge is -2.16. The number of hydrogen-bond donors (Lipinski definition) is 1. The number of rotatable bonds is 8. The van der Waals surface area contributed by atoms with Gasteiger partial charge in [-0.1, -0.05) is 25.7 Å². The highest BCUT2D eigenvalue weighted by Crippen LogP contribution is 2.34. The molecule has 4 aromatic rings. The van der Waals surface area contributed by atoms with E-state index < -0.39 is 8.07 Å². The van der Waals surface area contributed by atoms with E-state index in [-0.39, 0.29) is 0 Å². The summed E-state index contributed by atoms with van der Waals surface area (Å²) in [6.45, 7) is 12.0. The molecular formula is C25H31N7OSi. The Morgan fingerprint density at radius 2 is 1.94 bits per heavy atom. The number of aromatic nitrogens is 5. The maximum absolute atomic E-state index is 9.92. The van der Waals surface area contributed by atoms with Crippen LogP contribution in [0.4, 0.5) is 11.6 Å². The number of nitriles is 1. The second-order valence-electron chi connectivity index (χ2n) is 9.85. The molecule has 0 saturated carbocycles. The minimum absolute atomic E-state index is 0.336. The number of aryl methyl sites for hydroxylation is 3. The number of fused-ring (bicyclic) bond motifs is 1. The highest BCUT2D eigenvalue weighted by molar-refractivity contribution is 6.76. The van der Waals surface area contributed by atoms with Gasteiger partial charge in [0.05, 0.1) is 11.3 Å². The molecule has 4 aromatic heterocycles. The van der Waals surface area contributed by atoms with Crippen molar-refractivity contribution in [1.82, 2.24) is 24.3 Å². The highest BCUT2D eigenvalue weighted by atomic mass is 28.3. The van der Waals surface area contributed by atoms with E-state index in [0.717, 1.165) is 39.8 Å². The van der Waals surface area contributed by atoms with Gasteiger partial charge in [-0.3, -0.25) is 9.67 Å². The number of pyridine rings is 2. The van der Waals surface area contributed by atoms with E-state index in [9.17, 15) is 5.26 Å². The third kappa shape index (κ3) is 5.19. The van der Waals surface area contributed by atoms with Crippen molar-refractivity contribution >= 4 is 30.7 Å². The van der Waals surface area contributed by atoms with Crippen molar-refractivity contribution < 1.29 is 4.74 Å². The van der Waals surface area contributed by atoms with Crippen LogP contribution in [0.15, 0.2) is 36.7 Å². The topological polar surface area (TPSA) is 93.6 Å². The molecule has 0 aliphatic rings. The quantitative estimate of drug-likeness (QED) is 0.273. The molecule has 0 aromatic carbocycles. The molecular weight excluding hydrogens is 442 g/mol. The summed E-state index contributed by atoms with van der Waals surface area (Å²) in [7, 11) is 0.694. The minimum atomic E-state index is -1.19. The predicted octanol–water partition coefficient (Wildman–Crippen LogP) is 5.38. The lowest BCUT2D eigenvalue weighted by Crippen LogP contribution is -2.22. The van der Waals surface area contributed by atoms with Gasteiger partial charge in [0.2, 0.25) is 0 Å². The lowest BCUT2D eigenvalue weighted by molar-refractivity contribution is 0.0899. The average molecular weight is 474 g/mol. The van der Waals surface area contributed by atoms with E-state index >= 15 is 0 Å². The van der Waals surface area contributed by atoms with E-state index in [0.29, 0.717) is 30.4 Å². The summed E-state index contributed by atoms with van der Waals surface area (Å²) in [5, 5.41) is 18.5. The summed E-state index contributed by atoms with van der Waals surface area (Å²) in [6.07, 6.45) is 3.77. The lowest BCUT2D eigenvalue weighted by atomic mass is 10.1. The van der Waals surface area contributed by atoms with Crippen LogP contribution in [0.5, 0.6) is 0 Å². The molecule has 0 amide bonds. The maximum Gasteiger partial charge on any atom is 0.156 e. The van der Waals surface area contributed by atoms with Crippen molar-refractivity contribution in [2.75, 3.05) is 11.9 Å². The van der Waals surface area contributed by atoms with E-state index in [1.807, 2.05) is 62.1 Å². The Morgan fingerprint density at radius 3 is 2.59 bits per heavy atom. The Hall–Kier alpha value is -3.48. The molecule has 1 N–H and O–H groups in total. The molecule has 0 bridgehead atoms. The molecule has 0 radical (unpaired) electrons. The maximum atomic E-state index is 9.92. The van der Waals surface area contributed by atoms with E-state index in [1.165, 1.54) is 0 Å². The minimum Gasteiger partial charge on any atom is -0.361 e. The standard InChI is InChI=1S/C25H31N7OSi/c1-17-14-31(3)30-24(17)28-22-12-20(21-9-7-8-18(2)27-21)23-19(13-26)15-32(25(23)29-22)16-33-10-11-34(4,5)6/h7-9,12,14-15H,10-11,16H2,1-6H3,(H,28,29,30). The van der Waals surface area contributed by atoms with Crippen molar-refractivity contribution in [3.05, 3.63) is 53.5 Å². The third-order valence-corrected chi connectivity index (χ3v) is 7.30. The summed E-state index contributed by atoms with van der Waals surface area (Å²) < 4.78 is 9.68. The average Bonchev–Trinajstić information content (AvgIpc) is 3.28. The first-order valence-electron chi connectivity index (χ1n) is 11.4. The summed E-state index contributed by atoms with van der Waals surface area (Å²) in [4.78, 5) is 9.61. The fourth-order valence-electron chi connectivity index (χ4n) is 3.82. The van der Waals surface area contributed by atoms with Crippen molar-refractivity contribution in [3.8, 4) is 17.3 Å². The predicted molar refractivity (Wildman–Crippen MR) is 138 cm³/mol. The summed E-state index contributed by atoms with van der Waals surface area (Å²) in [5.74, 6) is 1.38. The van der Waals surface area contributed by atoms with Crippen LogP contribution in [0.25, 0.3) is 22.3 Å². The molecule has 0 aliphatic heterocycles.